The van der Waals surface area contributed by atoms with Crippen LogP contribution < -0.4 is 10.0 Å². The number of thiophene rings is 1. The van der Waals surface area contributed by atoms with Gasteiger partial charge in [-0.25, -0.2) is 13.1 Å². The average molecular weight is 331 g/mol. The van der Waals surface area contributed by atoms with Crippen molar-refractivity contribution < 1.29 is 8.42 Å². The van der Waals surface area contributed by atoms with E-state index in [1.165, 1.54) is 24.2 Å². The van der Waals surface area contributed by atoms with Crippen LogP contribution in [0.2, 0.25) is 0 Å². The topological polar surface area (TPSA) is 58.2 Å². The lowest BCUT2D eigenvalue weighted by Crippen LogP contribution is -2.34. The Bertz CT molecular complexity index is 572. The molecule has 0 aliphatic heterocycles. The van der Waals surface area contributed by atoms with Crippen molar-refractivity contribution in [1.29, 1.82) is 0 Å². The minimum absolute atomic E-state index is 0.124. The molecule has 1 aromatic rings. The van der Waals surface area contributed by atoms with Gasteiger partial charge in [-0.2, -0.15) is 0 Å². The first kappa shape index (κ1) is 16.9. The van der Waals surface area contributed by atoms with Crippen molar-refractivity contribution in [3.63, 3.8) is 0 Å². The summed E-state index contributed by atoms with van der Waals surface area (Å²) < 4.78 is 28.2. The number of sulfonamides is 1. The summed E-state index contributed by atoms with van der Waals surface area (Å²) in [6.07, 6.45) is 4.65. The quantitative estimate of drug-likeness (QED) is 0.808. The highest BCUT2D eigenvalue weighted by atomic mass is 32.2. The van der Waals surface area contributed by atoms with E-state index in [2.05, 4.69) is 17.0 Å². The van der Waals surface area contributed by atoms with Gasteiger partial charge in [0.2, 0.25) is 10.0 Å². The van der Waals surface area contributed by atoms with Crippen LogP contribution in [0.4, 0.5) is 0 Å². The Labute approximate surface area is 132 Å². The van der Waals surface area contributed by atoms with Gasteiger partial charge in [0, 0.05) is 18.0 Å². The molecule has 1 heterocycles. The molecule has 1 aliphatic carbocycles. The van der Waals surface area contributed by atoms with E-state index in [0.717, 1.165) is 29.8 Å². The van der Waals surface area contributed by atoms with Gasteiger partial charge in [-0.05, 0) is 42.7 Å². The van der Waals surface area contributed by atoms with E-state index >= 15 is 0 Å². The Morgan fingerprint density at radius 2 is 2.00 bits per heavy atom. The van der Waals surface area contributed by atoms with Gasteiger partial charge in [0.1, 0.15) is 4.90 Å². The Balaban J connectivity index is 2.13. The predicted octanol–water partition coefficient (Wildman–Crippen LogP) is 3.02. The lowest BCUT2D eigenvalue weighted by Gasteiger charge is -2.23. The summed E-state index contributed by atoms with van der Waals surface area (Å²) in [6.45, 7) is 8.07. The minimum atomic E-state index is -3.41. The number of rotatable bonds is 7. The lowest BCUT2D eigenvalue weighted by atomic mass is 9.89. The predicted molar refractivity (Wildman–Crippen MR) is 88.2 cm³/mol. The molecule has 2 N–H and O–H groups in total. The van der Waals surface area contributed by atoms with Crippen LogP contribution in [-0.4, -0.2) is 21.5 Å². The van der Waals surface area contributed by atoms with E-state index in [-0.39, 0.29) is 5.41 Å². The molecular weight excluding hydrogens is 304 g/mol. The zero-order valence-electron chi connectivity index (χ0n) is 13.2. The first-order valence-corrected chi connectivity index (χ1v) is 10.0. The molecule has 0 spiro atoms. The van der Waals surface area contributed by atoms with Crippen LogP contribution in [-0.2, 0) is 16.6 Å². The summed E-state index contributed by atoms with van der Waals surface area (Å²) in [5.74, 6) is 0. The summed E-state index contributed by atoms with van der Waals surface area (Å²) >= 11 is 1.52. The molecule has 2 rings (SSSR count). The molecule has 0 aromatic carbocycles. The Morgan fingerprint density at radius 1 is 1.33 bits per heavy atom. The third kappa shape index (κ3) is 4.06. The summed E-state index contributed by atoms with van der Waals surface area (Å²) in [7, 11) is -3.41. The normalized spacial score (nSPS) is 18.2. The number of nitrogens with one attached hydrogen (secondary N) is 2. The van der Waals surface area contributed by atoms with Gasteiger partial charge in [-0.15, -0.1) is 11.3 Å². The van der Waals surface area contributed by atoms with Crippen molar-refractivity contribution in [2.24, 2.45) is 5.41 Å². The van der Waals surface area contributed by atoms with E-state index in [0.29, 0.717) is 18.0 Å². The van der Waals surface area contributed by atoms with Crippen LogP contribution in [0.25, 0.3) is 0 Å². The van der Waals surface area contributed by atoms with Crippen LogP contribution in [0.1, 0.15) is 50.0 Å². The van der Waals surface area contributed by atoms with Gasteiger partial charge >= 0.3 is 0 Å². The Hall–Kier alpha value is -0.430. The molecule has 120 valence electrons. The van der Waals surface area contributed by atoms with Crippen molar-refractivity contribution >= 4 is 21.4 Å². The Morgan fingerprint density at radius 3 is 2.62 bits per heavy atom. The van der Waals surface area contributed by atoms with Crippen molar-refractivity contribution in [2.45, 2.75) is 57.9 Å². The van der Waals surface area contributed by atoms with Crippen LogP contribution in [0.15, 0.2) is 10.3 Å². The molecule has 1 fully saturated rings. The molecule has 21 heavy (non-hydrogen) atoms. The molecule has 0 saturated heterocycles. The van der Waals surface area contributed by atoms with Crippen LogP contribution in [0.5, 0.6) is 0 Å². The number of hydrogen-bond acceptors (Lipinski definition) is 4. The summed E-state index contributed by atoms with van der Waals surface area (Å²) in [4.78, 5) is 1.38. The third-order valence-electron chi connectivity index (χ3n) is 4.29. The van der Waals surface area contributed by atoms with Crippen LogP contribution >= 0.6 is 11.3 Å². The minimum Gasteiger partial charge on any atom is -0.312 e. The molecule has 0 bridgehead atoms. The van der Waals surface area contributed by atoms with Gasteiger partial charge in [-0.3, -0.25) is 0 Å². The van der Waals surface area contributed by atoms with E-state index in [9.17, 15) is 8.42 Å². The lowest BCUT2D eigenvalue weighted by molar-refractivity contribution is 0.336. The smallest absolute Gasteiger partial charge is 0.242 e. The van der Waals surface area contributed by atoms with Crippen molar-refractivity contribution in [1.82, 2.24) is 10.0 Å². The van der Waals surface area contributed by atoms with Gasteiger partial charge < -0.3 is 5.32 Å². The molecule has 1 aromatic heterocycles. The molecule has 1 aliphatic rings. The molecule has 0 radical (unpaired) electrons. The van der Waals surface area contributed by atoms with E-state index in [4.69, 9.17) is 0 Å². The first-order chi connectivity index (χ1) is 9.88. The van der Waals surface area contributed by atoms with Crippen LogP contribution in [0.3, 0.4) is 0 Å². The van der Waals surface area contributed by atoms with Crippen molar-refractivity contribution in [3.05, 3.63) is 15.8 Å². The SMILES string of the molecule is CCNCc1scc(C)c1S(=O)(=O)NCC1(C)CCCC1. The maximum Gasteiger partial charge on any atom is 0.242 e. The second-order valence-corrected chi connectivity index (χ2v) is 8.96. The van der Waals surface area contributed by atoms with Gasteiger partial charge in [-0.1, -0.05) is 26.7 Å². The monoisotopic (exact) mass is 330 g/mol. The summed E-state index contributed by atoms with van der Waals surface area (Å²) in [5.41, 5.74) is 0.968. The zero-order chi connectivity index (χ0) is 15.5. The maximum absolute atomic E-state index is 12.7. The van der Waals surface area contributed by atoms with E-state index in [1.807, 2.05) is 19.2 Å². The first-order valence-electron chi connectivity index (χ1n) is 7.65. The number of hydrogen-bond donors (Lipinski definition) is 2. The summed E-state index contributed by atoms with van der Waals surface area (Å²) in [6, 6.07) is 0. The molecule has 1 saturated carbocycles. The largest absolute Gasteiger partial charge is 0.312 e. The highest BCUT2D eigenvalue weighted by molar-refractivity contribution is 7.89. The van der Waals surface area contributed by atoms with E-state index < -0.39 is 10.0 Å². The van der Waals surface area contributed by atoms with Gasteiger partial charge in [0.05, 0.1) is 0 Å². The van der Waals surface area contributed by atoms with Gasteiger partial charge in [0.25, 0.3) is 0 Å². The fourth-order valence-corrected chi connectivity index (χ4v) is 5.93. The standard InChI is InChI=1S/C15H26N2O2S2/c1-4-16-9-13-14(12(2)10-20-13)21(18,19)17-11-15(3)7-5-6-8-15/h10,16-17H,4-9,11H2,1-3H3. The van der Waals surface area contributed by atoms with Gasteiger partial charge in [0.15, 0.2) is 0 Å². The third-order valence-corrected chi connectivity index (χ3v) is 7.16. The molecule has 0 unspecified atom stereocenters. The van der Waals surface area contributed by atoms with Crippen molar-refractivity contribution in [2.75, 3.05) is 13.1 Å². The van der Waals surface area contributed by atoms with E-state index in [1.54, 1.807) is 0 Å². The Kier molecular flexibility index (Phi) is 5.46. The zero-order valence-corrected chi connectivity index (χ0v) is 14.8. The molecule has 0 amide bonds. The second-order valence-electron chi connectivity index (χ2n) is 6.29. The summed E-state index contributed by atoms with van der Waals surface area (Å²) in [5, 5.41) is 5.14. The average Bonchev–Trinajstić information content (AvgIpc) is 3.02. The molecule has 6 heteroatoms. The maximum atomic E-state index is 12.7. The van der Waals surface area contributed by atoms with Crippen LogP contribution in [0, 0.1) is 12.3 Å². The number of aryl methyl sites for hydroxylation is 1. The second kappa shape index (κ2) is 6.77. The molecule has 0 atom stereocenters. The fraction of sp³-hybridized carbons (Fsp3) is 0.733. The molecule has 4 nitrogen and oxygen atoms in total. The molecular formula is C15H26N2O2S2. The highest BCUT2D eigenvalue weighted by Gasteiger charge is 2.31. The van der Waals surface area contributed by atoms with Crippen molar-refractivity contribution in [3.8, 4) is 0 Å². The fourth-order valence-electron chi connectivity index (χ4n) is 2.96. The highest BCUT2D eigenvalue weighted by Crippen LogP contribution is 2.37.